The molecule has 5 heterocycles. The second-order valence-electron chi connectivity index (χ2n) is 13.9. The zero-order chi connectivity index (χ0) is 32.2. The van der Waals surface area contributed by atoms with Crippen LogP contribution in [0.15, 0.2) is 53.8 Å². The number of allylic oxidation sites excluding steroid dienone is 3. The van der Waals surface area contributed by atoms with Gasteiger partial charge in [-0.25, -0.2) is 19.1 Å². The van der Waals surface area contributed by atoms with Gasteiger partial charge in [-0.15, -0.1) is 5.10 Å². The van der Waals surface area contributed by atoms with E-state index in [0.717, 1.165) is 44.1 Å². The number of esters is 2. The van der Waals surface area contributed by atoms with Gasteiger partial charge in [-0.1, -0.05) is 36.1 Å². The summed E-state index contributed by atoms with van der Waals surface area (Å²) >= 11 is 0. The summed E-state index contributed by atoms with van der Waals surface area (Å²) in [7, 11) is 0. The van der Waals surface area contributed by atoms with Crippen molar-refractivity contribution in [1.29, 1.82) is 0 Å². The van der Waals surface area contributed by atoms with E-state index in [1.807, 2.05) is 13.1 Å². The van der Waals surface area contributed by atoms with Gasteiger partial charge in [0.1, 0.15) is 36.7 Å². The molecule has 8 atom stereocenters. The lowest BCUT2D eigenvalue weighted by Crippen LogP contribution is -2.29. The first-order valence-corrected chi connectivity index (χ1v) is 16.3. The van der Waals surface area contributed by atoms with Gasteiger partial charge >= 0.3 is 18.0 Å². The van der Waals surface area contributed by atoms with Crippen molar-refractivity contribution in [3.63, 3.8) is 0 Å². The van der Waals surface area contributed by atoms with Crippen molar-refractivity contribution in [2.24, 2.45) is 11.8 Å². The van der Waals surface area contributed by atoms with Crippen LogP contribution in [-0.4, -0.2) is 75.3 Å². The Morgan fingerprint density at radius 1 is 0.957 bits per heavy atom. The van der Waals surface area contributed by atoms with Crippen LogP contribution < -0.4 is 5.32 Å². The van der Waals surface area contributed by atoms with Crippen LogP contribution in [0.1, 0.15) is 70.9 Å². The molecule has 6 aliphatic rings. The topological polar surface area (TPSA) is 147 Å². The van der Waals surface area contributed by atoms with Gasteiger partial charge in [0.2, 0.25) is 0 Å². The zero-order valence-corrected chi connectivity index (χ0v) is 26.5. The maximum absolute atomic E-state index is 12.6. The van der Waals surface area contributed by atoms with Crippen LogP contribution in [0.5, 0.6) is 0 Å². The Hall–Kier alpha value is -3.77. The Morgan fingerprint density at radius 3 is 2.13 bits per heavy atom. The van der Waals surface area contributed by atoms with Crippen LogP contribution in [0.3, 0.4) is 0 Å². The number of epoxide rings is 2. The van der Waals surface area contributed by atoms with E-state index in [1.54, 1.807) is 4.68 Å². The van der Waals surface area contributed by atoms with Crippen molar-refractivity contribution in [3.05, 3.63) is 59.5 Å². The van der Waals surface area contributed by atoms with Crippen molar-refractivity contribution in [1.82, 2.24) is 20.3 Å². The van der Waals surface area contributed by atoms with Crippen molar-refractivity contribution in [3.8, 4) is 0 Å². The molecule has 7 rings (SSSR count). The Balaban J connectivity index is 0.899. The van der Waals surface area contributed by atoms with Crippen LogP contribution in [0.4, 0.5) is 4.79 Å². The first-order valence-electron chi connectivity index (χ1n) is 16.3. The van der Waals surface area contributed by atoms with E-state index in [1.165, 1.54) is 5.57 Å². The standard InChI is InChI=1S/C34H42N4O8/c1-19-24-11-9-21(7-5-13-33(3)28(45-33)26(24)43-30(19)39)16-38-17-23(36-37-38)15-35-32(41)42-18-22-8-6-14-34(4)29(46-34)27-25(12-10-22)20(2)31(40)44-27/h7-8,17,24-29H,1-2,5-6,9-16,18H2,3-4H3,(H,35,41)/b21-7+,22-8+/t24-,25-,26-,27-,28-,29-,33+,34+/m0/s1. The Labute approximate surface area is 268 Å². The summed E-state index contributed by atoms with van der Waals surface area (Å²) in [6.07, 6.45) is 11.1. The normalized spacial score (nSPS) is 39.2. The zero-order valence-electron chi connectivity index (χ0n) is 26.5. The maximum atomic E-state index is 12.6. The number of hydrogen-bond acceptors (Lipinski definition) is 10. The molecule has 12 nitrogen and oxygen atoms in total. The molecule has 4 saturated heterocycles. The van der Waals surface area contributed by atoms with Crippen LogP contribution >= 0.6 is 0 Å². The van der Waals surface area contributed by atoms with E-state index < -0.39 is 6.09 Å². The minimum Gasteiger partial charge on any atom is -0.455 e. The number of alkyl carbamates (subject to hydrolysis) is 1. The summed E-state index contributed by atoms with van der Waals surface area (Å²) < 4.78 is 30.6. The SMILES string of the molecule is C=C1C(=O)O[C@H]2[C@H]1CC/C(COC(=O)NCc1cn(C/C3=C/CC[C@@]4(C)O[C@H]4[C@H]4OC(=O)C(=C)[C@@H]4CC3)nn1)=C\CC[C@@]1(C)O[C@@H]21. The van der Waals surface area contributed by atoms with E-state index in [-0.39, 0.29) is 72.5 Å². The average Bonchev–Trinajstić information content (AvgIpc) is 3.71. The van der Waals surface area contributed by atoms with Gasteiger partial charge in [-0.05, 0) is 70.8 Å². The molecule has 1 amide bonds. The van der Waals surface area contributed by atoms with E-state index >= 15 is 0 Å². The highest BCUT2D eigenvalue weighted by Gasteiger charge is 2.62. The minimum absolute atomic E-state index is 0.0605. The van der Waals surface area contributed by atoms with Crippen molar-refractivity contribution in [2.45, 2.75) is 114 Å². The van der Waals surface area contributed by atoms with Crippen LogP contribution in [0.25, 0.3) is 0 Å². The highest BCUT2D eigenvalue weighted by atomic mass is 16.7. The molecule has 0 aromatic carbocycles. The third-order valence-electron chi connectivity index (χ3n) is 10.6. The first-order chi connectivity index (χ1) is 22.0. The van der Waals surface area contributed by atoms with E-state index in [2.05, 4.69) is 47.9 Å². The Kier molecular flexibility index (Phi) is 7.91. The Morgan fingerprint density at radius 2 is 1.52 bits per heavy atom. The fourth-order valence-electron chi connectivity index (χ4n) is 7.59. The van der Waals surface area contributed by atoms with Gasteiger partial charge in [-0.3, -0.25) is 0 Å². The second-order valence-corrected chi connectivity index (χ2v) is 13.9. The number of amides is 1. The van der Waals surface area contributed by atoms with Gasteiger partial charge in [0.25, 0.3) is 0 Å². The number of aromatic nitrogens is 3. The summed E-state index contributed by atoms with van der Waals surface area (Å²) in [5.74, 6) is -0.836. The maximum Gasteiger partial charge on any atom is 0.407 e. The third kappa shape index (κ3) is 6.04. The lowest BCUT2D eigenvalue weighted by molar-refractivity contribution is -0.140. The Bertz CT molecular complexity index is 1530. The molecule has 1 N–H and O–H groups in total. The molecule has 1 aromatic heterocycles. The van der Waals surface area contributed by atoms with E-state index in [9.17, 15) is 14.4 Å². The molecule has 0 spiro atoms. The monoisotopic (exact) mass is 634 g/mol. The molecule has 46 heavy (non-hydrogen) atoms. The number of hydrogen-bond donors (Lipinski definition) is 1. The van der Waals surface area contributed by atoms with Crippen LogP contribution in [-0.2, 0) is 46.4 Å². The molecular formula is C34H42N4O8. The lowest BCUT2D eigenvalue weighted by Gasteiger charge is -2.20. The van der Waals surface area contributed by atoms with Gasteiger partial charge < -0.3 is 29.0 Å². The minimum atomic E-state index is -0.543. The molecule has 246 valence electrons. The largest absolute Gasteiger partial charge is 0.455 e. The molecule has 4 fully saturated rings. The van der Waals surface area contributed by atoms with Crippen molar-refractivity contribution >= 4 is 18.0 Å². The molecule has 2 aliphatic carbocycles. The molecule has 0 bridgehead atoms. The van der Waals surface area contributed by atoms with Gasteiger partial charge in [0, 0.05) is 23.0 Å². The second kappa shape index (κ2) is 11.8. The van der Waals surface area contributed by atoms with E-state index in [0.29, 0.717) is 36.2 Å². The quantitative estimate of drug-likeness (QED) is 0.160. The third-order valence-corrected chi connectivity index (χ3v) is 10.6. The summed E-state index contributed by atoms with van der Waals surface area (Å²) in [6.45, 7) is 13.0. The molecule has 0 saturated carbocycles. The number of carbonyl (C=O) groups is 3. The molecule has 4 aliphatic heterocycles. The number of fused-ring (bicyclic) bond motifs is 6. The summed E-state index contributed by atoms with van der Waals surface area (Å²) in [4.78, 5) is 37.1. The summed E-state index contributed by atoms with van der Waals surface area (Å²) in [5, 5.41) is 11.3. The molecule has 12 heteroatoms. The average molecular weight is 635 g/mol. The summed E-state index contributed by atoms with van der Waals surface area (Å²) in [6, 6.07) is 0. The van der Waals surface area contributed by atoms with Gasteiger partial charge in [0.05, 0.1) is 30.5 Å². The first kappa shape index (κ1) is 30.9. The highest BCUT2D eigenvalue weighted by Crippen LogP contribution is 2.51. The molecule has 0 radical (unpaired) electrons. The molecule has 0 unspecified atom stereocenters. The van der Waals surface area contributed by atoms with E-state index in [4.69, 9.17) is 23.7 Å². The lowest BCUT2D eigenvalue weighted by atomic mass is 9.84. The van der Waals surface area contributed by atoms with Crippen molar-refractivity contribution in [2.75, 3.05) is 6.61 Å². The highest BCUT2D eigenvalue weighted by molar-refractivity contribution is 5.91. The molecular weight excluding hydrogens is 592 g/mol. The smallest absolute Gasteiger partial charge is 0.407 e. The predicted octanol–water partition coefficient (Wildman–Crippen LogP) is 4.02. The number of nitrogens with one attached hydrogen (secondary N) is 1. The number of ether oxygens (including phenoxy) is 5. The number of nitrogens with zero attached hydrogens (tertiary/aromatic N) is 3. The fourth-order valence-corrected chi connectivity index (χ4v) is 7.59. The fraction of sp³-hybridized carbons (Fsp3) is 0.618. The summed E-state index contributed by atoms with van der Waals surface area (Å²) in [5.41, 5.74) is 3.22. The van der Waals surface area contributed by atoms with Gasteiger partial charge in [0.15, 0.2) is 0 Å². The molecule has 1 aromatic rings. The van der Waals surface area contributed by atoms with Gasteiger partial charge in [-0.2, -0.15) is 0 Å². The van der Waals surface area contributed by atoms with Crippen LogP contribution in [0.2, 0.25) is 0 Å². The predicted molar refractivity (Wildman–Crippen MR) is 163 cm³/mol. The number of carbonyl (C=O) groups excluding carboxylic acids is 3. The van der Waals surface area contributed by atoms with Crippen LogP contribution in [0, 0.1) is 11.8 Å². The van der Waals surface area contributed by atoms with Crippen molar-refractivity contribution < 1.29 is 38.1 Å². The number of rotatable bonds is 6.